The van der Waals surface area contributed by atoms with Gasteiger partial charge in [0.15, 0.2) is 0 Å². The lowest BCUT2D eigenvalue weighted by Gasteiger charge is -2.05. The van der Waals surface area contributed by atoms with Crippen LogP contribution in [0.4, 0.5) is 5.69 Å². The number of rotatable bonds is 2. The lowest BCUT2D eigenvalue weighted by molar-refractivity contribution is -0.385. The second kappa shape index (κ2) is 3.87. The number of hydrogen-bond donors (Lipinski definition) is 1. The largest absolute Gasteiger partial charge is 0.284 e. The molecule has 0 amide bonds. The number of nitrogens with zero attached hydrogens (tertiary/aromatic N) is 1. The van der Waals surface area contributed by atoms with Gasteiger partial charge in [0.25, 0.3) is 5.69 Å². The first-order chi connectivity index (χ1) is 6.75. The van der Waals surface area contributed by atoms with E-state index in [9.17, 15) is 18.5 Å². The number of nitro benzene ring substituents is 1. The van der Waals surface area contributed by atoms with Crippen molar-refractivity contribution >= 4 is 31.6 Å². The Kier molecular flexibility index (Phi) is 3.12. The molecule has 0 aliphatic rings. The number of primary sulfonamides is 1. The lowest BCUT2D eigenvalue weighted by atomic mass is 10.2. The molecule has 1 rings (SSSR count). The van der Waals surface area contributed by atoms with E-state index in [-0.39, 0.29) is 15.1 Å². The molecule has 0 atom stereocenters. The molecule has 0 radical (unpaired) electrons. The van der Waals surface area contributed by atoms with Crippen LogP contribution in [0.3, 0.4) is 0 Å². The molecule has 2 N–H and O–H groups in total. The molecular formula is C7H7BrN2O4S. The van der Waals surface area contributed by atoms with Crippen LogP contribution in [0.1, 0.15) is 5.56 Å². The Bertz CT molecular complexity index is 526. The Morgan fingerprint density at radius 1 is 1.47 bits per heavy atom. The fraction of sp³-hybridized carbons (Fsp3) is 0.143. The van der Waals surface area contributed by atoms with Crippen LogP contribution in [0.5, 0.6) is 0 Å². The standard InChI is InChI=1S/C7H7BrN2O4S/c1-4-2-3-5(10(11)12)6(8)7(4)15(9,13)14/h2-3H,1H3,(H2,9,13,14). The smallest absolute Gasteiger partial charge is 0.258 e. The molecule has 0 spiro atoms. The molecule has 0 heterocycles. The Hall–Kier alpha value is -0.990. The lowest BCUT2D eigenvalue weighted by Crippen LogP contribution is -2.15. The van der Waals surface area contributed by atoms with Crippen molar-refractivity contribution in [2.45, 2.75) is 11.8 Å². The van der Waals surface area contributed by atoms with E-state index in [2.05, 4.69) is 15.9 Å². The van der Waals surface area contributed by atoms with E-state index >= 15 is 0 Å². The fourth-order valence-electron chi connectivity index (χ4n) is 1.13. The van der Waals surface area contributed by atoms with Crippen molar-refractivity contribution in [2.24, 2.45) is 5.14 Å². The predicted octanol–water partition coefficient (Wildman–Crippen LogP) is 1.31. The summed E-state index contributed by atoms with van der Waals surface area (Å²) >= 11 is 2.87. The molecule has 0 aliphatic carbocycles. The number of halogens is 1. The summed E-state index contributed by atoms with van der Waals surface area (Å²) in [6, 6.07) is 2.55. The van der Waals surface area contributed by atoms with Crippen molar-refractivity contribution in [3.8, 4) is 0 Å². The van der Waals surface area contributed by atoms with Crippen molar-refractivity contribution in [1.82, 2.24) is 0 Å². The fourth-order valence-corrected chi connectivity index (χ4v) is 3.27. The van der Waals surface area contributed by atoms with Gasteiger partial charge in [-0.2, -0.15) is 0 Å². The summed E-state index contributed by atoms with van der Waals surface area (Å²) in [5, 5.41) is 15.5. The summed E-state index contributed by atoms with van der Waals surface area (Å²) in [6.45, 7) is 1.51. The highest BCUT2D eigenvalue weighted by molar-refractivity contribution is 9.10. The first-order valence-electron chi connectivity index (χ1n) is 3.71. The van der Waals surface area contributed by atoms with Crippen molar-refractivity contribution in [2.75, 3.05) is 0 Å². The zero-order valence-corrected chi connectivity index (χ0v) is 10.0. The van der Waals surface area contributed by atoms with Gasteiger partial charge in [0, 0.05) is 6.07 Å². The number of sulfonamides is 1. The number of aryl methyl sites for hydroxylation is 1. The minimum Gasteiger partial charge on any atom is -0.258 e. The molecule has 15 heavy (non-hydrogen) atoms. The summed E-state index contributed by atoms with van der Waals surface area (Å²) in [4.78, 5) is 9.62. The Morgan fingerprint density at radius 2 is 2.00 bits per heavy atom. The van der Waals surface area contributed by atoms with E-state index in [0.29, 0.717) is 5.56 Å². The minimum absolute atomic E-state index is 0.116. The molecule has 0 fully saturated rings. The average Bonchev–Trinajstić information content (AvgIpc) is 2.00. The van der Waals surface area contributed by atoms with Gasteiger partial charge < -0.3 is 0 Å². The monoisotopic (exact) mass is 294 g/mol. The number of hydrogen-bond acceptors (Lipinski definition) is 4. The second-order valence-corrected chi connectivity index (χ2v) is 5.14. The third kappa shape index (κ3) is 2.33. The van der Waals surface area contributed by atoms with Crippen LogP contribution in [-0.2, 0) is 10.0 Å². The first-order valence-corrected chi connectivity index (χ1v) is 6.05. The number of nitro groups is 1. The molecule has 1 aromatic rings. The minimum atomic E-state index is -3.97. The van der Waals surface area contributed by atoms with Crippen LogP contribution in [0.15, 0.2) is 21.5 Å². The van der Waals surface area contributed by atoms with Gasteiger partial charge in [0.05, 0.1) is 4.92 Å². The van der Waals surface area contributed by atoms with Crippen LogP contribution in [0.25, 0.3) is 0 Å². The maximum absolute atomic E-state index is 11.2. The summed E-state index contributed by atoms with van der Waals surface area (Å²) in [5.74, 6) is 0. The van der Waals surface area contributed by atoms with Crippen LogP contribution in [-0.4, -0.2) is 13.3 Å². The Morgan fingerprint density at radius 3 is 2.40 bits per heavy atom. The van der Waals surface area contributed by atoms with Gasteiger partial charge in [-0.3, -0.25) is 10.1 Å². The van der Waals surface area contributed by atoms with Crippen LogP contribution in [0, 0.1) is 17.0 Å². The third-order valence-corrected chi connectivity index (χ3v) is 3.92. The van der Waals surface area contributed by atoms with Gasteiger partial charge in [0.1, 0.15) is 9.37 Å². The van der Waals surface area contributed by atoms with Crippen LogP contribution < -0.4 is 5.14 Å². The first kappa shape index (κ1) is 12.1. The van der Waals surface area contributed by atoms with Gasteiger partial charge >= 0.3 is 0 Å². The highest BCUT2D eigenvalue weighted by Crippen LogP contribution is 2.32. The summed E-state index contributed by atoms with van der Waals surface area (Å²) in [6.07, 6.45) is 0. The van der Waals surface area contributed by atoms with E-state index in [1.54, 1.807) is 0 Å². The van der Waals surface area contributed by atoms with E-state index in [4.69, 9.17) is 5.14 Å². The molecule has 0 saturated carbocycles. The SMILES string of the molecule is Cc1ccc([N+](=O)[O-])c(Br)c1S(N)(=O)=O. The summed E-state index contributed by atoms with van der Waals surface area (Å²) in [7, 11) is -3.97. The third-order valence-electron chi connectivity index (χ3n) is 1.75. The zero-order chi connectivity index (χ0) is 11.8. The summed E-state index contributed by atoms with van der Waals surface area (Å²) < 4.78 is 22.2. The van der Waals surface area contributed by atoms with E-state index in [1.165, 1.54) is 19.1 Å². The maximum atomic E-state index is 11.2. The van der Waals surface area contributed by atoms with Crippen LogP contribution in [0.2, 0.25) is 0 Å². The highest BCUT2D eigenvalue weighted by Gasteiger charge is 2.23. The molecule has 0 aromatic heterocycles. The highest BCUT2D eigenvalue weighted by atomic mass is 79.9. The Balaban J connectivity index is 3.66. The van der Waals surface area contributed by atoms with Gasteiger partial charge in [-0.15, -0.1) is 0 Å². The topological polar surface area (TPSA) is 103 Å². The maximum Gasteiger partial charge on any atom is 0.284 e. The second-order valence-electron chi connectivity index (χ2n) is 2.85. The normalized spacial score (nSPS) is 11.4. The van der Waals surface area contributed by atoms with Crippen molar-refractivity contribution < 1.29 is 13.3 Å². The van der Waals surface area contributed by atoms with E-state index < -0.39 is 14.9 Å². The predicted molar refractivity (Wildman–Crippen MR) is 56.9 cm³/mol. The van der Waals surface area contributed by atoms with Crippen molar-refractivity contribution in [3.05, 3.63) is 32.3 Å². The molecule has 82 valence electrons. The van der Waals surface area contributed by atoms with E-state index in [1.807, 2.05) is 0 Å². The van der Waals surface area contributed by atoms with Gasteiger partial charge in [-0.25, -0.2) is 13.6 Å². The molecule has 0 unspecified atom stereocenters. The molecule has 0 bridgehead atoms. The van der Waals surface area contributed by atoms with Gasteiger partial charge in [0.2, 0.25) is 10.0 Å². The molecule has 1 aromatic carbocycles. The molecule has 0 saturated heterocycles. The van der Waals surface area contributed by atoms with Crippen molar-refractivity contribution in [1.29, 1.82) is 0 Å². The van der Waals surface area contributed by atoms with Crippen molar-refractivity contribution in [3.63, 3.8) is 0 Å². The number of nitrogens with two attached hydrogens (primary N) is 1. The number of benzene rings is 1. The van der Waals surface area contributed by atoms with Gasteiger partial charge in [-0.05, 0) is 28.4 Å². The quantitative estimate of drug-likeness (QED) is 0.656. The molecular weight excluding hydrogens is 288 g/mol. The average molecular weight is 295 g/mol. The zero-order valence-electron chi connectivity index (χ0n) is 7.60. The van der Waals surface area contributed by atoms with Gasteiger partial charge in [-0.1, -0.05) is 6.07 Å². The summed E-state index contributed by atoms with van der Waals surface area (Å²) in [5.41, 5.74) is 0.0274. The van der Waals surface area contributed by atoms with E-state index in [0.717, 1.165) is 0 Å². The van der Waals surface area contributed by atoms with Crippen LogP contribution >= 0.6 is 15.9 Å². The molecule has 0 aliphatic heterocycles. The Labute approximate surface area is 94.4 Å². The molecule has 8 heteroatoms. The molecule has 6 nitrogen and oxygen atoms in total.